The van der Waals surface area contributed by atoms with E-state index in [2.05, 4.69) is 79.5 Å². The lowest BCUT2D eigenvalue weighted by Crippen LogP contribution is -2.31. The molecule has 0 radical (unpaired) electrons. The first kappa shape index (κ1) is 24.6. The molecule has 1 N–H and O–H groups in total. The van der Waals surface area contributed by atoms with Crippen LogP contribution in [0.25, 0.3) is 11.3 Å². The standard InChI is InChI=1S/C31H33N3O3/c1-19(2)22-11-13-24(14-12-22)30-27-28(23-9-6-20(3)7-10-23)32-33-29(27)31(35)34(30)17-16-21-8-15-25(36-4)26(18-21)37-5/h6-15,18-19,30H,16-17H2,1-5H3,(H,32,33). The molecule has 190 valence electrons. The number of fused-ring (bicyclic) bond motifs is 1. The van der Waals surface area contributed by atoms with Crippen LogP contribution in [-0.4, -0.2) is 41.8 Å². The van der Waals surface area contributed by atoms with Gasteiger partial charge in [0, 0.05) is 17.7 Å². The third kappa shape index (κ3) is 4.59. The number of hydrogen-bond acceptors (Lipinski definition) is 4. The van der Waals surface area contributed by atoms with Crippen molar-refractivity contribution in [1.29, 1.82) is 0 Å². The molecule has 1 aromatic heterocycles. The number of aryl methyl sites for hydroxylation is 1. The number of benzene rings is 3. The van der Waals surface area contributed by atoms with Crippen molar-refractivity contribution in [1.82, 2.24) is 15.1 Å². The van der Waals surface area contributed by atoms with Gasteiger partial charge in [0.2, 0.25) is 0 Å². The molecule has 0 bridgehead atoms. The number of carbonyl (C=O) groups is 1. The van der Waals surface area contributed by atoms with Crippen molar-refractivity contribution >= 4 is 5.91 Å². The summed E-state index contributed by atoms with van der Waals surface area (Å²) in [6.07, 6.45) is 0.685. The molecule has 1 aliphatic heterocycles. The first-order valence-corrected chi connectivity index (χ1v) is 12.7. The molecule has 1 amide bonds. The van der Waals surface area contributed by atoms with Crippen LogP contribution in [0.2, 0.25) is 0 Å². The second-order valence-corrected chi connectivity index (χ2v) is 9.89. The Hall–Kier alpha value is -4.06. The quantitative estimate of drug-likeness (QED) is 0.311. The van der Waals surface area contributed by atoms with Crippen molar-refractivity contribution in [3.63, 3.8) is 0 Å². The normalized spacial score (nSPS) is 14.8. The molecule has 6 heteroatoms. The number of nitrogens with one attached hydrogen (secondary N) is 1. The average Bonchev–Trinajstić information content (AvgIpc) is 3.46. The zero-order valence-corrected chi connectivity index (χ0v) is 22.0. The number of rotatable bonds is 8. The number of nitrogens with zero attached hydrogens (tertiary/aromatic N) is 2. The molecule has 0 fully saturated rings. The van der Waals surface area contributed by atoms with E-state index in [9.17, 15) is 4.79 Å². The Bertz CT molecular complexity index is 1400. The number of methoxy groups -OCH3 is 2. The van der Waals surface area contributed by atoms with Crippen LogP contribution < -0.4 is 9.47 Å². The fourth-order valence-electron chi connectivity index (χ4n) is 5.05. The molecular formula is C31H33N3O3. The fraction of sp³-hybridized carbons (Fsp3) is 0.290. The van der Waals surface area contributed by atoms with Crippen molar-refractivity contribution in [3.05, 3.63) is 100 Å². The number of H-pyrrole nitrogens is 1. The van der Waals surface area contributed by atoms with Gasteiger partial charge in [0.15, 0.2) is 11.5 Å². The summed E-state index contributed by atoms with van der Waals surface area (Å²) >= 11 is 0. The van der Waals surface area contributed by atoms with E-state index in [0.717, 1.165) is 27.9 Å². The van der Waals surface area contributed by atoms with Gasteiger partial charge >= 0.3 is 0 Å². The summed E-state index contributed by atoms with van der Waals surface area (Å²) in [4.78, 5) is 15.7. The molecule has 4 aromatic rings. The zero-order chi connectivity index (χ0) is 26.1. The molecule has 0 saturated heterocycles. The highest BCUT2D eigenvalue weighted by molar-refractivity contribution is 6.00. The van der Waals surface area contributed by atoms with Crippen molar-refractivity contribution in [2.75, 3.05) is 20.8 Å². The van der Waals surface area contributed by atoms with Crippen LogP contribution in [0.4, 0.5) is 0 Å². The van der Waals surface area contributed by atoms with Crippen LogP contribution in [0.1, 0.15) is 64.1 Å². The van der Waals surface area contributed by atoms with E-state index in [1.54, 1.807) is 14.2 Å². The van der Waals surface area contributed by atoms with Crippen LogP contribution in [-0.2, 0) is 6.42 Å². The monoisotopic (exact) mass is 495 g/mol. The number of aromatic nitrogens is 2. The summed E-state index contributed by atoms with van der Waals surface area (Å²) in [7, 11) is 3.26. The van der Waals surface area contributed by atoms with Gasteiger partial charge < -0.3 is 14.4 Å². The van der Waals surface area contributed by atoms with Gasteiger partial charge in [-0.3, -0.25) is 9.89 Å². The summed E-state index contributed by atoms with van der Waals surface area (Å²) in [6.45, 7) is 7.00. The minimum absolute atomic E-state index is 0.0284. The van der Waals surface area contributed by atoms with Crippen LogP contribution in [0.15, 0.2) is 66.7 Å². The summed E-state index contributed by atoms with van der Waals surface area (Å²) in [5.74, 6) is 1.78. The smallest absolute Gasteiger partial charge is 0.273 e. The topological polar surface area (TPSA) is 67.5 Å². The predicted octanol–water partition coefficient (Wildman–Crippen LogP) is 6.31. The van der Waals surface area contributed by atoms with E-state index >= 15 is 0 Å². The van der Waals surface area contributed by atoms with Crippen LogP contribution >= 0.6 is 0 Å². The number of ether oxygens (including phenoxy) is 2. The summed E-state index contributed by atoms with van der Waals surface area (Å²) in [5.41, 5.74) is 7.96. The molecule has 1 unspecified atom stereocenters. The molecule has 2 heterocycles. The molecule has 6 nitrogen and oxygen atoms in total. The van der Waals surface area contributed by atoms with Crippen molar-refractivity contribution in [3.8, 4) is 22.8 Å². The Labute approximate surface area is 218 Å². The number of hydrogen-bond donors (Lipinski definition) is 1. The van der Waals surface area contributed by atoms with E-state index in [1.165, 1.54) is 11.1 Å². The molecule has 3 aromatic carbocycles. The number of amides is 1. The molecule has 1 aliphatic rings. The maximum absolute atomic E-state index is 13.7. The van der Waals surface area contributed by atoms with E-state index < -0.39 is 0 Å². The van der Waals surface area contributed by atoms with Gasteiger partial charge in [-0.15, -0.1) is 0 Å². The molecular weight excluding hydrogens is 462 g/mol. The van der Waals surface area contributed by atoms with Gasteiger partial charge in [-0.2, -0.15) is 5.10 Å². The minimum Gasteiger partial charge on any atom is -0.493 e. The lowest BCUT2D eigenvalue weighted by molar-refractivity contribution is 0.0746. The van der Waals surface area contributed by atoms with Crippen LogP contribution in [0.3, 0.4) is 0 Å². The maximum Gasteiger partial charge on any atom is 0.273 e. The Morgan fingerprint density at radius 2 is 1.65 bits per heavy atom. The second-order valence-electron chi connectivity index (χ2n) is 9.89. The lowest BCUT2D eigenvalue weighted by Gasteiger charge is -2.27. The molecule has 5 rings (SSSR count). The Balaban J connectivity index is 1.53. The zero-order valence-electron chi connectivity index (χ0n) is 22.0. The van der Waals surface area contributed by atoms with Gasteiger partial charge in [0.1, 0.15) is 5.69 Å². The van der Waals surface area contributed by atoms with Crippen molar-refractivity contribution < 1.29 is 14.3 Å². The van der Waals surface area contributed by atoms with Gasteiger partial charge in [-0.05, 0) is 48.1 Å². The van der Waals surface area contributed by atoms with Gasteiger partial charge in [0.25, 0.3) is 5.91 Å². The predicted molar refractivity (Wildman–Crippen MR) is 145 cm³/mol. The Morgan fingerprint density at radius 1 is 0.946 bits per heavy atom. The van der Waals surface area contributed by atoms with E-state index in [1.807, 2.05) is 23.1 Å². The first-order chi connectivity index (χ1) is 17.9. The van der Waals surface area contributed by atoms with Crippen molar-refractivity contribution in [2.45, 2.75) is 39.2 Å². The summed E-state index contributed by atoms with van der Waals surface area (Å²) in [5, 5.41) is 7.66. The fourth-order valence-corrected chi connectivity index (χ4v) is 5.05. The van der Waals surface area contributed by atoms with Crippen LogP contribution in [0.5, 0.6) is 11.5 Å². The summed E-state index contributed by atoms with van der Waals surface area (Å²) < 4.78 is 10.9. The average molecular weight is 496 g/mol. The van der Waals surface area contributed by atoms with E-state index in [-0.39, 0.29) is 11.9 Å². The van der Waals surface area contributed by atoms with Gasteiger partial charge in [0.05, 0.1) is 26.0 Å². The Morgan fingerprint density at radius 3 is 2.30 bits per heavy atom. The minimum atomic E-state index is -0.223. The second kappa shape index (κ2) is 10.1. The number of aromatic amines is 1. The molecule has 0 spiro atoms. The largest absolute Gasteiger partial charge is 0.493 e. The van der Waals surface area contributed by atoms with E-state index in [0.29, 0.717) is 36.1 Å². The summed E-state index contributed by atoms with van der Waals surface area (Å²) in [6, 6.07) is 22.6. The highest BCUT2D eigenvalue weighted by atomic mass is 16.5. The number of carbonyl (C=O) groups excluding carboxylic acids is 1. The highest BCUT2D eigenvalue weighted by Crippen LogP contribution is 2.43. The van der Waals surface area contributed by atoms with Gasteiger partial charge in [-0.25, -0.2) is 0 Å². The molecule has 0 aliphatic carbocycles. The SMILES string of the molecule is COc1ccc(CCN2C(=O)c3[nH]nc(-c4ccc(C)cc4)c3C2c2ccc(C(C)C)cc2)cc1OC. The Kier molecular flexibility index (Phi) is 6.74. The third-order valence-corrected chi connectivity index (χ3v) is 7.20. The highest BCUT2D eigenvalue weighted by Gasteiger charge is 2.41. The lowest BCUT2D eigenvalue weighted by atomic mass is 9.93. The maximum atomic E-state index is 13.7. The van der Waals surface area contributed by atoms with Crippen LogP contribution in [0, 0.1) is 6.92 Å². The van der Waals surface area contributed by atoms with E-state index in [4.69, 9.17) is 9.47 Å². The van der Waals surface area contributed by atoms with Gasteiger partial charge in [-0.1, -0.05) is 74.0 Å². The third-order valence-electron chi connectivity index (χ3n) is 7.20. The van der Waals surface area contributed by atoms with Crippen molar-refractivity contribution in [2.24, 2.45) is 0 Å². The molecule has 1 atom stereocenters. The molecule has 37 heavy (non-hydrogen) atoms. The first-order valence-electron chi connectivity index (χ1n) is 12.7. The molecule has 0 saturated carbocycles.